The molecule has 0 aliphatic rings. The van der Waals surface area contributed by atoms with Crippen LogP contribution in [0.4, 0.5) is 0 Å². The molecule has 0 aromatic carbocycles. The van der Waals surface area contributed by atoms with Crippen molar-refractivity contribution in [3.8, 4) is 0 Å². The fourth-order valence-corrected chi connectivity index (χ4v) is 1.29. The van der Waals surface area contributed by atoms with E-state index >= 15 is 0 Å². The number of halogens is 2. The van der Waals surface area contributed by atoms with Gasteiger partial charge in [0.2, 0.25) is 10.5 Å². The highest BCUT2D eigenvalue weighted by atomic mass is 35.5. The second-order valence-electron chi connectivity index (χ2n) is 2.59. The lowest BCUT2D eigenvalue weighted by atomic mass is 10.1. The zero-order chi connectivity index (χ0) is 11.7. The Hall–Kier alpha value is -0.930. The lowest BCUT2D eigenvalue weighted by Crippen LogP contribution is -2.14. The van der Waals surface area contributed by atoms with Crippen molar-refractivity contribution in [2.75, 3.05) is 0 Å². The molecule has 0 N–H and O–H groups in total. The Morgan fingerprint density at radius 3 is 1.67 bits per heavy atom. The van der Waals surface area contributed by atoms with Gasteiger partial charge in [-0.05, 0) is 41.8 Å². The standard InChI is InChI=1S/C5H6Cl2O2.C5H5N/c1-2-3(4(6)8)5(7)9;1-2-4-6-5-3-1/h3H,2H2,1H3;1-5H. The van der Waals surface area contributed by atoms with E-state index in [-0.39, 0.29) is 0 Å². The van der Waals surface area contributed by atoms with Gasteiger partial charge in [0.05, 0.1) is 0 Å². The quantitative estimate of drug-likeness (QED) is 0.610. The summed E-state index contributed by atoms with van der Waals surface area (Å²) in [5.41, 5.74) is 0. The van der Waals surface area contributed by atoms with Crippen LogP contribution < -0.4 is 0 Å². The lowest BCUT2D eigenvalue weighted by Gasteiger charge is -1.99. The van der Waals surface area contributed by atoms with Crippen molar-refractivity contribution in [3.63, 3.8) is 0 Å². The van der Waals surface area contributed by atoms with Crippen molar-refractivity contribution in [2.24, 2.45) is 5.92 Å². The molecule has 1 rings (SSSR count). The Labute approximate surface area is 98.4 Å². The first-order valence-corrected chi connectivity index (χ1v) is 5.08. The van der Waals surface area contributed by atoms with Crippen molar-refractivity contribution in [1.29, 1.82) is 0 Å². The van der Waals surface area contributed by atoms with E-state index in [2.05, 4.69) is 4.98 Å². The number of hydrogen-bond acceptors (Lipinski definition) is 3. The molecular formula is C10H11Cl2NO2. The van der Waals surface area contributed by atoms with Crippen LogP contribution in [0.15, 0.2) is 30.6 Å². The van der Waals surface area contributed by atoms with E-state index in [1.165, 1.54) is 0 Å². The molecule has 82 valence electrons. The summed E-state index contributed by atoms with van der Waals surface area (Å²) in [6.45, 7) is 1.67. The van der Waals surface area contributed by atoms with Gasteiger partial charge in [0.15, 0.2) is 0 Å². The molecule has 1 aromatic rings. The highest BCUT2D eigenvalue weighted by Crippen LogP contribution is 2.10. The topological polar surface area (TPSA) is 47.0 Å². The van der Waals surface area contributed by atoms with Crippen molar-refractivity contribution < 1.29 is 9.59 Å². The van der Waals surface area contributed by atoms with Crippen molar-refractivity contribution in [1.82, 2.24) is 4.98 Å². The third-order valence-corrected chi connectivity index (χ3v) is 2.05. The molecule has 0 aliphatic carbocycles. The average Bonchev–Trinajstić information content (AvgIpc) is 2.21. The summed E-state index contributed by atoms with van der Waals surface area (Å²) in [7, 11) is 0. The Bertz CT molecular complexity index is 263. The predicted molar refractivity (Wildman–Crippen MR) is 59.7 cm³/mol. The van der Waals surface area contributed by atoms with E-state index in [1.807, 2.05) is 18.2 Å². The first-order chi connectivity index (χ1) is 7.09. The SMILES string of the molecule is CCC(C(=O)Cl)C(=O)Cl.c1ccncc1. The van der Waals surface area contributed by atoms with Gasteiger partial charge in [0, 0.05) is 12.4 Å². The van der Waals surface area contributed by atoms with Gasteiger partial charge >= 0.3 is 0 Å². The van der Waals surface area contributed by atoms with E-state index in [9.17, 15) is 9.59 Å². The zero-order valence-electron chi connectivity index (χ0n) is 8.19. The number of aromatic nitrogens is 1. The minimum absolute atomic E-state index is 0.366. The van der Waals surface area contributed by atoms with Crippen LogP contribution in [0, 0.1) is 5.92 Å². The third kappa shape index (κ3) is 7.05. The maximum absolute atomic E-state index is 10.3. The van der Waals surface area contributed by atoms with Crippen molar-refractivity contribution in [3.05, 3.63) is 30.6 Å². The molecule has 15 heavy (non-hydrogen) atoms. The number of rotatable bonds is 3. The first-order valence-electron chi connectivity index (χ1n) is 4.33. The van der Waals surface area contributed by atoms with Crippen LogP contribution >= 0.6 is 23.2 Å². The predicted octanol–water partition coefficient (Wildman–Crippen LogP) is 2.63. The van der Waals surface area contributed by atoms with E-state index in [1.54, 1.807) is 19.3 Å². The molecule has 0 unspecified atom stereocenters. The molecule has 0 saturated heterocycles. The van der Waals surface area contributed by atoms with Crippen molar-refractivity contribution in [2.45, 2.75) is 13.3 Å². The monoisotopic (exact) mass is 247 g/mol. The third-order valence-electron chi connectivity index (χ3n) is 1.52. The number of carbonyl (C=O) groups is 2. The summed E-state index contributed by atoms with van der Waals surface area (Å²) in [5.74, 6) is -0.826. The van der Waals surface area contributed by atoms with Crippen LogP contribution in [-0.4, -0.2) is 15.5 Å². The Balaban J connectivity index is 0.000000280. The van der Waals surface area contributed by atoms with Crippen molar-refractivity contribution >= 4 is 33.7 Å². The second-order valence-corrected chi connectivity index (χ2v) is 3.34. The van der Waals surface area contributed by atoms with Gasteiger partial charge in [0.1, 0.15) is 5.92 Å². The summed E-state index contributed by atoms with van der Waals surface area (Å²) < 4.78 is 0. The number of carbonyl (C=O) groups excluding carboxylic acids is 2. The molecule has 0 saturated carbocycles. The van der Waals surface area contributed by atoms with Gasteiger partial charge in [-0.2, -0.15) is 0 Å². The van der Waals surface area contributed by atoms with Gasteiger partial charge in [-0.15, -0.1) is 0 Å². The van der Waals surface area contributed by atoms with Gasteiger partial charge in [0.25, 0.3) is 0 Å². The summed E-state index contributed by atoms with van der Waals surface area (Å²) in [4.78, 5) is 24.3. The number of pyridine rings is 1. The van der Waals surface area contributed by atoms with Crippen LogP contribution in [0.1, 0.15) is 13.3 Å². The Morgan fingerprint density at radius 2 is 1.60 bits per heavy atom. The van der Waals surface area contributed by atoms with E-state index in [4.69, 9.17) is 23.2 Å². The lowest BCUT2D eigenvalue weighted by molar-refractivity contribution is -0.123. The largest absolute Gasteiger partial charge is 0.280 e. The van der Waals surface area contributed by atoms with E-state index in [0.29, 0.717) is 6.42 Å². The molecule has 3 nitrogen and oxygen atoms in total. The average molecular weight is 248 g/mol. The second kappa shape index (κ2) is 8.38. The highest BCUT2D eigenvalue weighted by Gasteiger charge is 2.20. The summed E-state index contributed by atoms with van der Waals surface area (Å²) in [6, 6.07) is 5.72. The smallest absolute Gasteiger partial charge is 0.233 e. The molecule has 0 aliphatic heterocycles. The van der Waals surface area contributed by atoms with Crippen LogP contribution in [0.25, 0.3) is 0 Å². The molecule has 5 heteroatoms. The maximum atomic E-state index is 10.3. The molecule has 0 atom stereocenters. The van der Waals surface area contributed by atoms with Crippen LogP contribution in [0.3, 0.4) is 0 Å². The molecular weight excluding hydrogens is 237 g/mol. The van der Waals surface area contributed by atoms with Gasteiger partial charge < -0.3 is 0 Å². The van der Waals surface area contributed by atoms with Crippen LogP contribution in [0.5, 0.6) is 0 Å². The number of nitrogens with zero attached hydrogens (tertiary/aromatic N) is 1. The fourth-order valence-electron chi connectivity index (χ4n) is 0.723. The van der Waals surface area contributed by atoms with Gasteiger partial charge in [-0.25, -0.2) is 0 Å². The fraction of sp³-hybridized carbons (Fsp3) is 0.300. The molecule has 1 heterocycles. The van der Waals surface area contributed by atoms with E-state index < -0.39 is 16.4 Å². The zero-order valence-corrected chi connectivity index (χ0v) is 9.70. The number of hydrogen-bond donors (Lipinski definition) is 0. The molecule has 0 radical (unpaired) electrons. The molecule has 0 spiro atoms. The minimum atomic E-state index is -0.826. The summed E-state index contributed by atoms with van der Waals surface area (Å²) >= 11 is 9.99. The molecule has 0 amide bonds. The Morgan fingerprint density at radius 1 is 1.13 bits per heavy atom. The molecule has 1 aromatic heterocycles. The maximum Gasteiger partial charge on any atom is 0.233 e. The highest BCUT2D eigenvalue weighted by molar-refractivity contribution is 6.73. The van der Waals surface area contributed by atoms with Crippen LogP contribution in [-0.2, 0) is 9.59 Å². The molecule has 0 fully saturated rings. The first kappa shape index (κ1) is 14.1. The van der Waals surface area contributed by atoms with Gasteiger partial charge in [-0.1, -0.05) is 13.0 Å². The van der Waals surface area contributed by atoms with Gasteiger partial charge in [-0.3, -0.25) is 14.6 Å². The normalized spacial score (nSPS) is 9.07. The van der Waals surface area contributed by atoms with E-state index in [0.717, 1.165) is 0 Å². The Kier molecular flexibility index (Phi) is 7.86. The van der Waals surface area contributed by atoms with Crippen LogP contribution in [0.2, 0.25) is 0 Å². The minimum Gasteiger partial charge on any atom is -0.280 e. The summed E-state index contributed by atoms with van der Waals surface area (Å²) in [5, 5.41) is -1.37. The molecule has 0 bridgehead atoms. The summed E-state index contributed by atoms with van der Waals surface area (Å²) in [6.07, 6.45) is 3.87.